The highest BCUT2D eigenvalue weighted by molar-refractivity contribution is 6.30. The minimum Gasteiger partial charge on any atom is -0.389 e. The van der Waals surface area contributed by atoms with E-state index in [9.17, 15) is 4.79 Å². The van der Waals surface area contributed by atoms with E-state index in [4.69, 9.17) is 16.9 Å². The van der Waals surface area contributed by atoms with Gasteiger partial charge in [0.25, 0.3) is 5.91 Å². The van der Waals surface area contributed by atoms with Crippen molar-refractivity contribution in [3.63, 3.8) is 0 Å². The van der Waals surface area contributed by atoms with Gasteiger partial charge in [0, 0.05) is 23.5 Å². The molecule has 122 valence electrons. The Hall–Kier alpha value is -2.77. The predicted octanol–water partition coefficient (Wildman–Crippen LogP) is 3.83. The average Bonchev–Trinajstić information content (AvgIpc) is 2.57. The summed E-state index contributed by atoms with van der Waals surface area (Å²) in [5.74, 6) is -0.429. The van der Waals surface area contributed by atoms with Gasteiger partial charge in [-0.05, 0) is 42.7 Å². The maximum Gasteiger partial charge on any atom is 0.267 e. The van der Waals surface area contributed by atoms with Gasteiger partial charge < -0.3 is 10.6 Å². The Morgan fingerprint density at radius 1 is 1.25 bits per heavy atom. The molecule has 0 fully saturated rings. The zero-order valence-electron chi connectivity index (χ0n) is 13.3. The number of hydrogen-bond donors (Lipinski definition) is 2. The number of aryl methyl sites for hydroxylation is 1. The number of benzene rings is 2. The minimum atomic E-state index is -0.429. The third-order valence-corrected chi connectivity index (χ3v) is 3.69. The van der Waals surface area contributed by atoms with E-state index in [0.29, 0.717) is 17.3 Å². The summed E-state index contributed by atoms with van der Waals surface area (Å²) in [5, 5.41) is 15.6. The Labute approximate surface area is 146 Å². The van der Waals surface area contributed by atoms with E-state index in [1.165, 1.54) is 6.20 Å². The topological polar surface area (TPSA) is 64.9 Å². The standard InChI is InChI=1S/C19H18ClN3O/c1-14-5-2-3-8-18(14)23-19(24)16(12-21)13-22-10-9-15-6-4-7-17(20)11-15/h2-8,11,13,22H,9-10H2,1H3,(H,23,24)/b16-13-. The molecule has 2 rings (SSSR count). The number of carbonyl (C=O) groups excluding carboxylic acids is 1. The molecule has 5 heteroatoms. The summed E-state index contributed by atoms with van der Waals surface area (Å²) in [4.78, 5) is 12.1. The van der Waals surface area contributed by atoms with Gasteiger partial charge in [0.1, 0.15) is 11.6 Å². The lowest BCUT2D eigenvalue weighted by Gasteiger charge is -2.07. The van der Waals surface area contributed by atoms with Crippen LogP contribution in [-0.4, -0.2) is 12.5 Å². The third-order valence-electron chi connectivity index (χ3n) is 3.45. The highest BCUT2D eigenvalue weighted by Gasteiger charge is 2.10. The van der Waals surface area contributed by atoms with Gasteiger partial charge in [0.15, 0.2) is 0 Å². The van der Waals surface area contributed by atoms with Crippen molar-refractivity contribution < 1.29 is 4.79 Å². The number of rotatable bonds is 6. The van der Waals surface area contributed by atoms with Gasteiger partial charge >= 0.3 is 0 Å². The van der Waals surface area contributed by atoms with E-state index in [2.05, 4.69) is 10.6 Å². The van der Waals surface area contributed by atoms with Crippen molar-refractivity contribution in [2.24, 2.45) is 0 Å². The van der Waals surface area contributed by atoms with Crippen molar-refractivity contribution in [2.75, 3.05) is 11.9 Å². The first-order chi connectivity index (χ1) is 11.6. The summed E-state index contributed by atoms with van der Waals surface area (Å²) < 4.78 is 0. The quantitative estimate of drug-likeness (QED) is 0.477. The van der Waals surface area contributed by atoms with Crippen molar-refractivity contribution in [3.05, 3.63) is 76.5 Å². The van der Waals surface area contributed by atoms with Crippen molar-refractivity contribution in [1.29, 1.82) is 5.26 Å². The smallest absolute Gasteiger partial charge is 0.267 e. The van der Waals surface area contributed by atoms with Crippen molar-refractivity contribution in [2.45, 2.75) is 13.3 Å². The zero-order chi connectivity index (χ0) is 17.4. The van der Waals surface area contributed by atoms with Crippen LogP contribution >= 0.6 is 11.6 Å². The zero-order valence-corrected chi connectivity index (χ0v) is 14.1. The maximum atomic E-state index is 12.1. The van der Waals surface area contributed by atoms with Gasteiger partial charge in [0.05, 0.1) is 0 Å². The molecule has 0 aliphatic rings. The van der Waals surface area contributed by atoms with Gasteiger partial charge in [0.2, 0.25) is 0 Å². The molecule has 0 spiro atoms. The Morgan fingerprint density at radius 2 is 2.04 bits per heavy atom. The molecule has 0 bridgehead atoms. The summed E-state index contributed by atoms with van der Waals surface area (Å²) in [7, 11) is 0. The van der Waals surface area contributed by atoms with Gasteiger partial charge in [-0.1, -0.05) is 41.9 Å². The first-order valence-corrected chi connectivity index (χ1v) is 7.93. The monoisotopic (exact) mass is 339 g/mol. The van der Waals surface area contributed by atoms with Crippen LogP contribution in [0.2, 0.25) is 5.02 Å². The van der Waals surface area contributed by atoms with Crippen molar-refractivity contribution >= 4 is 23.2 Å². The second kappa shape index (κ2) is 8.76. The lowest BCUT2D eigenvalue weighted by atomic mass is 10.1. The number of amides is 1. The number of para-hydroxylation sites is 1. The van der Waals surface area contributed by atoms with Crippen LogP contribution in [0.4, 0.5) is 5.69 Å². The lowest BCUT2D eigenvalue weighted by Crippen LogP contribution is -2.18. The number of carbonyl (C=O) groups is 1. The molecule has 1 amide bonds. The van der Waals surface area contributed by atoms with Crippen LogP contribution in [0.1, 0.15) is 11.1 Å². The fraction of sp³-hybridized carbons (Fsp3) is 0.158. The molecular weight excluding hydrogens is 322 g/mol. The van der Waals surface area contributed by atoms with Crippen LogP contribution in [0.5, 0.6) is 0 Å². The summed E-state index contributed by atoms with van der Waals surface area (Å²) in [5.41, 5.74) is 2.76. The third kappa shape index (κ3) is 5.15. The highest BCUT2D eigenvalue weighted by atomic mass is 35.5. The second-order valence-corrected chi connectivity index (χ2v) is 5.71. The fourth-order valence-electron chi connectivity index (χ4n) is 2.13. The molecule has 0 atom stereocenters. The Bertz CT molecular complexity index is 793. The summed E-state index contributed by atoms with van der Waals surface area (Å²) in [6.07, 6.45) is 2.19. The van der Waals surface area contributed by atoms with E-state index in [0.717, 1.165) is 17.5 Å². The summed E-state index contributed by atoms with van der Waals surface area (Å²) >= 11 is 5.93. The number of nitriles is 1. The second-order valence-electron chi connectivity index (χ2n) is 5.27. The summed E-state index contributed by atoms with van der Waals surface area (Å²) in [6.45, 7) is 2.50. The van der Waals surface area contributed by atoms with E-state index in [1.54, 1.807) is 6.07 Å². The molecule has 2 N–H and O–H groups in total. The van der Waals surface area contributed by atoms with Gasteiger partial charge in [-0.2, -0.15) is 5.26 Å². The minimum absolute atomic E-state index is 0.0318. The fourth-order valence-corrected chi connectivity index (χ4v) is 2.35. The average molecular weight is 340 g/mol. The number of hydrogen-bond acceptors (Lipinski definition) is 3. The van der Waals surface area contributed by atoms with E-state index in [1.807, 2.05) is 55.5 Å². The molecule has 0 aromatic heterocycles. The Kier molecular flexibility index (Phi) is 6.41. The summed E-state index contributed by atoms with van der Waals surface area (Å²) in [6, 6.07) is 16.9. The molecule has 0 saturated carbocycles. The normalized spacial score (nSPS) is 10.8. The number of nitrogens with zero attached hydrogens (tertiary/aromatic N) is 1. The first-order valence-electron chi connectivity index (χ1n) is 7.55. The molecule has 4 nitrogen and oxygen atoms in total. The van der Waals surface area contributed by atoms with E-state index < -0.39 is 5.91 Å². The van der Waals surface area contributed by atoms with Crippen molar-refractivity contribution in [1.82, 2.24) is 5.32 Å². The van der Waals surface area contributed by atoms with Gasteiger partial charge in [-0.25, -0.2) is 0 Å². The highest BCUT2D eigenvalue weighted by Crippen LogP contribution is 2.14. The van der Waals surface area contributed by atoms with Crippen LogP contribution < -0.4 is 10.6 Å². The number of nitrogens with one attached hydrogen (secondary N) is 2. The SMILES string of the molecule is Cc1ccccc1NC(=O)/C(C#N)=C\NCCc1cccc(Cl)c1. The largest absolute Gasteiger partial charge is 0.389 e. The maximum absolute atomic E-state index is 12.1. The number of halogens is 1. The van der Waals surface area contributed by atoms with Gasteiger partial charge in [-0.3, -0.25) is 4.79 Å². The molecule has 2 aromatic carbocycles. The molecule has 0 unspecified atom stereocenters. The van der Waals surface area contributed by atoms with Gasteiger partial charge in [-0.15, -0.1) is 0 Å². The first kappa shape index (κ1) is 17.6. The van der Waals surface area contributed by atoms with Crippen LogP contribution in [0.25, 0.3) is 0 Å². The Balaban J connectivity index is 1.90. The Morgan fingerprint density at radius 3 is 2.75 bits per heavy atom. The molecule has 0 heterocycles. The molecule has 0 saturated heterocycles. The molecular formula is C19H18ClN3O. The molecule has 24 heavy (non-hydrogen) atoms. The lowest BCUT2D eigenvalue weighted by molar-refractivity contribution is -0.112. The van der Waals surface area contributed by atoms with E-state index in [-0.39, 0.29) is 5.57 Å². The predicted molar refractivity (Wildman–Crippen MR) is 96.7 cm³/mol. The molecule has 2 aromatic rings. The van der Waals surface area contributed by atoms with Crippen LogP contribution in [0, 0.1) is 18.3 Å². The van der Waals surface area contributed by atoms with Crippen molar-refractivity contribution in [3.8, 4) is 6.07 Å². The van der Waals surface area contributed by atoms with Crippen LogP contribution in [0.3, 0.4) is 0 Å². The molecule has 0 radical (unpaired) electrons. The van der Waals surface area contributed by atoms with E-state index >= 15 is 0 Å². The van der Waals surface area contributed by atoms with Crippen LogP contribution in [0.15, 0.2) is 60.3 Å². The number of anilines is 1. The molecule has 0 aliphatic heterocycles. The van der Waals surface area contributed by atoms with Crippen LogP contribution in [-0.2, 0) is 11.2 Å². The molecule has 0 aliphatic carbocycles.